The standard InChI is InChI=1S/C17H22N2O4/c1-4-5-8-23-15-10-12(6-7-14(15)22-3)9-13-11(2)18-17(21)19-16(13)20/h6-7,10H,4-5,8-9H2,1-3H3,(H2,18,19,20,21). The molecule has 0 spiro atoms. The molecule has 2 N–H and O–H groups in total. The molecular formula is C17H22N2O4. The van der Waals surface area contributed by atoms with Crippen molar-refractivity contribution in [1.29, 1.82) is 0 Å². The second-order valence-corrected chi connectivity index (χ2v) is 5.38. The first-order valence-electron chi connectivity index (χ1n) is 7.67. The van der Waals surface area contributed by atoms with Crippen LogP contribution in [0.1, 0.15) is 36.6 Å². The molecule has 0 saturated heterocycles. The molecule has 0 bridgehead atoms. The van der Waals surface area contributed by atoms with Crippen LogP contribution in [-0.2, 0) is 6.42 Å². The highest BCUT2D eigenvalue weighted by atomic mass is 16.5. The lowest BCUT2D eigenvalue weighted by molar-refractivity contribution is 0.288. The number of rotatable bonds is 7. The highest BCUT2D eigenvalue weighted by Gasteiger charge is 2.10. The number of H-pyrrole nitrogens is 2. The maximum Gasteiger partial charge on any atom is 0.325 e. The van der Waals surface area contributed by atoms with Crippen LogP contribution in [0, 0.1) is 6.92 Å². The van der Waals surface area contributed by atoms with E-state index in [2.05, 4.69) is 16.9 Å². The van der Waals surface area contributed by atoms with Crippen molar-refractivity contribution in [2.45, 2.75) is 33.1 Å². The van der Waals surface area contributed by atoms with E-state index in [0.29, 0.717) is 35.8 Å². The Bertz CT molecular complexity index is 777. The summed E-state index contributed by atoms with van der Waals surface area (Å²) in [6, 6.07) is 5.58. The number of aromatic nitrogens is 2. The van der Waals surface area contributed by atoms with Gasteiger partial charge in [-0.25, -0.2) is 4.79 Å². The monoisotopic (exact) mass is 318 g/mol. The number of benzene rings is 1. The van der Waals surface area contributed by atoms with Gasteiger partial charge in [-0.2, -0.15) is 0 Å². The van der Waals surface area contributed by atoms with Crippen LogP contribution in [0.3, 0.4) is 0 Å². The number of hydrogen-bond acceptors (Lipinski definition) is 4. The zero-order chi connectivity index (χ0) is 16.8. The molecule has 0 unspecified atom stereocenters. The van der Waals surface area contributed by atoms with Crippen LogP contribution >= 0.6 is 0 Å². The van der Waals surface area contributed by atoms with Crippen molar-refractivity contribution in [2.75, 3.05) is 13.7 Å². The highest BCUT2D eigenvalue weighted by molar-refractivity contribution is 5.44. The molecule has 0 aliphatic heterocycles. The highest BCUT2D eigenvalue weighted by Crippen LogP contribution is 2.29. The fraction of sp³-hybridized carbons (Fsp3) is 0.412. The third-order valence-corrected chi connectivity index (χ3v) is 3.62. The Morgan fingerprint density at radius 3 is 2.57 bits per heavy atom. The summed E-state index contributed by atoms with van der Waals surface area (Å²) in [5, 5.41) is 0. The molecule has 0 amide bonds. The van der Waals surface area contributed by atoms with Crippen LogP contribution < -0.4 is 20.7 Å². The molecule has 23 heavy (non-hydrogen) atoms. The average molecular weight is 318 g/mol. The lowest BCUT2D eigenvalue weighted by Gasteiger charge is -2.12. The summed E-state index contributed by atoms with van der Waals surface area (Å²) < 4.78 is 11.1. The van der Waals surface area contributed by atoms with Crippen LogP contribution in [-0.4, -0.2) is 23.7 Å². The van der Waals surface area contributed by atoms with Gasteiger partial charge < -0.3 is 14.5 Å². The van der Waals surface area contributed by atoms with Crippen molar-refractivity contribution in [3.63, 3.8) is 0 Å². The summed E-state index contributed by atoms with van der Waals surface area (Å²) in [4.78, 5) is 28.1. The zero-order valence-electron chi connectivity index (χ0n) is 13.7. The van der Waals surface area contributed by atoms with E-state index in [4.69, 9.17) is 9.47 Å². The van der Waals surface area contributed by atoms with Gasteiger partial charge in [0.05, 0.1) is 13.7 Å². The Morgan fingerprint density at radius 2 is 1.91 bits per heavy atom. The Balaban J connectivity index is 2.28. The molecule has 0 aliphatic carbocycles. The lowest BCUT2D eigenvalue weighted by Crippen LogP contribution is -2.27. The predicted molar refractivity (Wildman–Crippen MR) is 88.6 cm³/mol. The Hall–Kier alpha value is -2.50. The first-order chi connectivity index (χ1) is 11.0. The third-order valence-electron chi connectivity index (χ3n) is 3.62. The van der Waals surface area contributed by atoms with E-state index in [9.17, 15) is 9.59 Å². The normalized spacial score (nSPS) is 10.6. The SMILES string of the molecule is CCCCOc1cc(Cc2c(C)[nH]c(=O)[nH]c2=O)ccc1OC. The first-order valence-corrected chi connectivity index (χ1v) is 7.67. The molecule has 0 atom stereocenters. The molecule has 6 heteroatoms. The van der Waals surface area contributed by atoms with Gasteiger partial charge in [0.1, 0.15) is 0 Å². The number of nitrogens with one attached hydrogen (secondary N) is 2. The van der Waals surface area contributed by atoms with Crippen LogP contribution in [0.2, 0.25) is 0 Å². The van der Waals surface area contributed by atoms with Crippen molar-refractivity contribution >= 4 is 0 Å². The van der Waals surface area contributed by atoms with Crippen LogP contribution in [0.25, 0.3) is 0 Å². The van der Waals surface area contributed by atoms with Crippen molar-refractivity contribution in [1.82, 2.24) is 9.97 Å². The second-order valence-electron chi connectivity index (χ2n) is 5.38. The van der Waals surface area contributed by atoms with Gasteiger partial charge in [0.2, 0.25) is 0 Å². The van der Waals surface area contributed by atoms with Crippen molar-refractivity contribution in [3.05, 3.63) is 55.9 Å². The number of ether oxygens (including phenoxy) is 2. The summed E-state index contributed by atoms with van der Waals surface area (Å²) in [7, 11) is 1.60. The van der Waals surface area contributed by atoms with Crippen molar-refractivity contribution in [2.24, 2.45) is 0 Å². The summed E-state index contributed by atoms with van der Waals surface area (Å²) in [6.07, 6.45) is 2.42. The molecule has 2 aromatic rings. The van der Waals surface area contributed by atoms with Crippen molar-refractivity contribution < 1.29 is 9.47 Å². The van der Waals surface area contributed by atoms with Gasteiger partial charge in [-0.05, 0) is 31.0 Å². The second kappa shape index (κ2) is 7.67. The fourth-order valence-corrected chi connectivity index (χ4v) is 2.31. The number of aryl methyl sites for hydroxylation is 1. The van der Waals surface area contributed by atoms with Gasteiger partial charge in [-0.3, -0.25) is 9.78 Å². The topological polar surface area (TPSA) is 84.2 Å². The molecule has 124 valence electrons. The van der Waals surface area contributed by atoms with Gasteiger partial charge in [0.25, 0.3) is 5.56 Å². The van der Waals surface area contributed by atoms with E-state index < -0.39 is 5.69 Å². The first kappa shape index (κ1) is 16.9. The van der Waals surface area contributed by atoms with E-state index >= 15 is 0 Å². The number of aromatic amines is 2. The maximum absolute atomic E-state index is 12.0. The molecule has 1 heterocycles. The minimum absolute atomic E-state index is 0.365. The predicted octanol–water partition coefficient (Wildman–Crippen LogP) is 2.15. The third kappa shape index (κ3) is 4.25. The maximum atomic E-state index is 12.0. The fourth-order valence-electron chi connectivity index (χ4n) is 2.31. The van der Waals surface area contributed by atoms with E-state index in [-0.39, 0.29) is 5.56 Å². The molecule has 1 aromatic heterocycles. The van der Waals surface area contributed by atoms with E-state index in [0.717, 1.165) is 18.4 Å². The Kier molecular flexibility index (Phi) is 5.62. The smallest absolute Gasteiger partial charge is 0.325 e. The average Bonchev–Trinajstić information content (AvgIpc) is 2.51. The Morgan fingerprint density at radius 1 is 1.13 bits per heavy atom. The molecule has 0 radical (unpaired) electrons. The number of methoxy groups -OCH3 is 1. The van der Waals surface area contributed by atoms with Crippen LogP contribution in [0.4, 0.5) is 0 Å². The minimum atomic E-state index is -0.491. The summed E-state index contributed by atoms with van der Waals surface area (Å²) in [6.45, 7) is 4.44. The number of hydrogen-bond donors (Lipinski definition) is 2. The minimum Gasteiger partial charge on any atom is -0.493 e. The van der Waals surface area contributed by atoms with Gasteiger partial charge in [0, 0.05) is 17.7 Å². The summed E-state index contributed by atoms with van der Waals surface area (Å²) in [5.41, 5.74) is 1.17. The van der Waals surface area contributed by atoms with E-state index in [1.807, 2.05) is 18.2 Å². The van der Waals surface area contributed by atoms with Gasteiger partial charge >= 0.3 is 5.69 Å². The zero-order valence-corrected chi connectivity index (χ0v) is 13.7. The van der Waals surface area contributed by atoms with Gasteiger partial charge in [-0.1, -0.05) is 19.4 Å². The molecule has 0 fully saturated rings. The Labute approximate surface area is 134 Å². The van der Waals surface area contributed by atoms with Crippen LogP contribution in [0.15, 0.2) is 27.8 Å². The van der Waals surface area contributed by atoms with Crippen LogP contribution in [0.5, 0.6) is 11.5 Å². The van der Waals surface area contributed by atoms with Crippen molar-refractivity contribution in [3.8, 4) is 11.5 Å². The quantitative estimate of drug-likeness (QED) is 0.766. The summed E-state index contributed by atoms with van der Waals surface area (Å²) >= 11 is 0. The summed E-state index contributed by atoms with van der Waals surface area (Å²) in [5.74, 6) is 1.33. The van der Waals surface area contributed by atoms with Gasteiger partial charge in [-0.15, -0.1) is 0 Å². The largest absolute Gasteiger partial charge is 0.493 e. The molecular weight excluding hydrogens is 296 g/mol. The molecule has 6 nitrogen and oxygen atoms in total. The molecule has 2 rings (SSSR count). The van der Waals surface area contributed by atoms with Gasteiger partial charge in [0.15, 0.2) is 11.5 Å². The van der Waals surface area contributed by atoms with E-state index in [1.165, 1.54) is 0 Å². The van der Waals surface area contributed by atoms with E-state index in [1.54, 1.807) is 14.0 Å². The molecule has 0 saturated carbocycles. The lowest BCUT2D eigenvalue weighted by atomic mass is 10.0. The number of unbranched alkanes of at least 4 members (excludes halogenated alkanes) is 1. The molecule has 0 aliphatic rings. The molecule has 1 aromatic carbocycles.